The van der Waals surface area contributed by atoms with Gasteiger partial charge in [-0.1, -0.05) is 30.3 Å². The number of amides is 1. The minimum Gasteiger partial charge on any atom is -0.493 e. The third kappa shape index (κ3) is 7.87. The Hall–Kier alpha value is -2.32. The average molecular weight is 491 g/mol. The van der Waals surface area contributed by atoms with Gasteiger partial charge in [0.05, 0.1) is 13.2 Å². The summed E-state index contributed by atoms with van der Waals surface area (Å²) in [5, 5.41) is 3.26. The van der Waals surface area contributed by atoms with Crippen molar-refractivity contribution in [1.82, 2.24) is 10.2 Å². The van der Waals surface area contributed by atoms with Gasteiger partial charge in [0.15, 0.2) is 0 Å². The molecule has 2 aliphatic rings. The second kappa shape index (κ2) is 13.5. The Balaban J connectivity index is 0.00000324. The molecule has 1 saturated heterocycles. The van der Waals surface area contributed by atoms with Crippen molar-refractivity contribution in [3.05, 3.63) is 59.7 Å². The quantitative estimate of drug-likeness (QED) is 0.459. The zero-order chi connectivity index (χ0) is 22.9. The predicted octanol–water partition coefficient (Wildman–Crippen LogP) is 3.58. The van der Waals surface area contributed by atoms with Crippen LogP contribution in [0.4, 0.5) is 0 Å². The molecule has 1 heterocycles. The Morgan fingerprint density at radius 3 is 2.50 bits per heavy atom. The first-order chi connectivity index (χ1) is 16.2. The Labute approximate surface area is 208 Å². The Bertz CT molecular complexity index is 888. The van der Waals surface area contributed by atoms with Crippen LogP contribution in [0.1, 0.15) is 30.4 Å². The molecule has 1 amide bonds. The fourth-order valence-electron chi connectivity index (χ4n) is 3.90. The van der Waals surface area contributed by atoms with Crippen LogP contribution in [0, 0.1) is 0 Å². The summed E-state index contributed by atoms with van der Waals surface area (Å²) in [6.45, 7) is 4.12. The maximum absolute atomic E-state index is 13.2. The second-order valence-electron chi connectivity index (χ2n) is 8.54. The molecule has 7 nitrogen and oxygen atoms in total. The van der Waals surface area contributed by atoms with E-state index in [0.29, 0.717) is 39.5 Å². The summed E-state index contributed by atoms with van der Waals surface area (Å²) in [7, 11) is 1.69. The molecule has 1 aliphatic carbocycles. The van der Waals surface area contributed by atoms with Gasteiger partial charge in [-0.2, -0.15) is 0 Å². The lowest BCUT2D eigenvalue weighted by Gasteiger charge is -2.30. The van der Waals surface area contributed by atoms with Gasteiger partial charge in [-0.15, -0.1) is 12.4 Å². The normalized spacial score (nSPS) is 17.5. The van der Waals surface area contributed by atoms with E-state index in [-0.39, 0.29) is 24.4 Å². The molecule has 1 atom stereocenters. The molecule has 1 saturated carbocycles. The first kappa shape index (κ1) is 26.3. The van der Waals surface area contributed by atoms with Gasteiger partial charge in [0.25, 0.3) is 5.91 Å². The van der Waals surface area contributed by atoms with Gasteiger partial charge in [0, 0.05) is 51.9 Å². The first-order valence-electron chi connectivity index (χ1n) is 11.8. The summed E-state index contributed by atoms with van der Waals surface area (Å²) in [5.74, 6) is 1.53. The third-order valence-corrected chi connectivity index (χ3v) is 5.78. The van der Waals surface area contributed by atoms with E-state index >= 15 is 0 Å². The van der Waals surface area contributed by atoms with Crippen molar-refractivity contribution >= 4 is 18.3 Å². The number of hydrogen-bond acceptors (Lipinski definition) is 6. The smallest absolute Gasteiger partial charge is 0.253 e. The Morgan fingerprint density at radius 1 is 1.06 bits per heavy atom. The molecule has 0 radical (unpaired) electrons. The lowest BCUT2D eigenvalue weighted by atomic mass is 10.1. The maximum Gasteiger partial charge on any atom is 0.253 e. The molecule has 2 aromatic carbocycles. The highest BCUT2D eigenvalue weighted by Crippen LogP contribution is 2.31. The number of methoxy groups -OCH3 is 1. The molecule has 8 heteroatoms. The van der Waals surface area contributed by atoms with Crippen LogP contribution in [0.25, 0.3) is 0 Å². The van der Waals surface area contributed by atoms with Gasteiger partial charge >= 0.3 is 0 Å². The minimum atomic E-state index is -0.415. The molecule has 186 valence electrons. The highest BCUT2D eigenvalue weighted by atomic mass is 35.5. The zero-order valence-electron chi connectivity index (χ0n) is 19.7. The van der Waals surface area contributed by atoms with E-state index in [2.05, 4.69) is 5.32 Å². The number of rotatable bonds is 12. The van der Waals surface area contributed by atoms with Gasteiger partial charge < -0.3 is 29.2 Å². The largest absolute Gasteiger partial charge is 0.493 e. The van der Waals surface area contributed by atoms with Crippen LogP contribution < -0.4 is 14.8 Å². The van der Waals surface area contributed by atoms with Crippen molar-refractivity contribution in [3.8, 4) is 11.5 Å². The molecule has 1 N–H and O–H groups in total. The highest BCUT2D eigenvalue weighted by Gasteiger charge is 2.37. The Morgan fingerprint density at radius 2 is 1.82 bits per heavy atom. The van der Waals surface area contributed by atoms with Crippen LogP contribution in [-0.4, -0.2) is 63.0 Å². The van der Waals surface area contributed by atoms with Crippen molar-refractivity contribution in [1.29, 1.82) is 0 Å². The number of carbonyl (C=O) groups excluding carboxylic acids is 1. The van der Waals surface area contributed by atoms with Crippen LogP contribution in [0.15, 0.2) is 48.5 Å². The Kier molecular flexibility index (Phi) is 10.5. The minimum absolute atomic E-state index is 0. The SMILES string of the molecule is COCCCOc1cc(CN(C(=O)[C@H]2CNCCO2)C2CC2)cc(OCc2ccccc2)c1.Cl. The van der Waals surface area contributed by atoms with E-state index in [4.69, 9.17) is 18.9 Å². The summed E-state index contributed by atoms with van der Waals surface area (Å²) in [6, 6.07) is 16.3. The summed E-state index contributed by atoms with van der Waals surface area (Å²) in [4.78, 5) is 15.2. The first-order valence-corrected chi connectivity index (χ1v) is 11.8. The number of halogens is 1. The van der Waals surface area contributed by atoms with Crippen LogP contribution in [0.5, 0.6) is 11.5 Å². The van der Waals surface area contributed by atoms with Crippen molar-refractivity contribution < 1.29 is 23.7 Å². The van der Waals surface area contributed by atoms with Crippen molar-refractivity contribution in [3.63, 3.8) is 0 Å². The molecule has 0 spiro atoms. The number of nitrogens with one attached hydrogen (secondary N) is 1. The van der Waals surface area contributed by atoms with E-state index in [1.165, 1.54) is 0 Å². The van der Waals surface area contributed by atoms with Gasteiger partial charge in [-0.3, -0.25) is 4.79 Å². The van der Waals surface area contributed by atoms with Crippen LogP contribution >= 0.6 is 12.4 Å². The van der Waals surface area contributed by atoms with E-state index in [9.17, 15) is 4.79 Å². The fourth-order valence-corrected chi connectivity index (χ4v) is 3.90. The molecule has 0 bridgehead atoms. The molecule has 4 rings (SSSR count). The monoisotopic (exact) mass is 490 g/mol. The molecular formula is C26H35ClN2O5. The predicted molar refractivity (Wildman–Crippen MR) is 133 cm³/mol. The molecule has 1 aliphatic heterocycles. The fraction of sp³-hybridized carbons (Fsp3) is 0.500. The van der Waals surface area contributed by atoms with Crippen LogP contribution in [-0.2, 0) is 27.4 Å². The van der Waals surface area contributed by atoms with E-state index in [0.717, 1.165) is 48.4 Å². The van der Waals surface area contributed by atoms with Crippen LogP contribution in [0.3, 0.4) is 0 Å². The molecule has 0 aromatic heterocycles. The standard InChI is InChI=1S/C26H34N2O5.ClH/c1-30-11-5-12-31-23-14-21(15-24(16-23)33-19-20-6-3-2-4-7-20)18-28(22-8-9-22)26(29)25-17-27-10-13-32-25;/h2-4,6-7,14-16,22,25,27H,5,8-13,17-19H2,1H3;1H/t25-;/m1./s1. The summed E-state index contributed by atoms with van der Waals surface area (Å²) in [6.07, 6.45) is 2.47. The van der Waals surface area contributed by atoms with Gasteiger partial charge in [-0.25, -0.2) is 0 Å². The van der Waals surface area contributed by atoms with Crippen LogP contribution in [0.2, 0.25) is 0 Å². The number of nitrogens with zero attached hydrogens (tertiary/aromatic N) is 1. The van der Waals surface area contributed by atoms with E-state index in [1.807, 2.05) is 53.4 Å². The van der Waals surface area contributed by atoms with Gasteiger partial charge in [-0.05, 0) is 36.1 Å². The van der Waals surface area contributed by atoms with E-state index < -0.39 is 6.10 Å². The molecule has 2 aromatic rings. The topological polar surface area (TPSA) is 69.3 Å². The number of carbonyl (C=O) groups is 1. The lowest BCUT2D eigenvalue weighted by molar-refractivity contribution is -0.146. The second-order valence-corrected chi connectivity index (χ2v) is 8.54. The number of hydrogen-bond donors (Lipinski definition) is 1. The third-order valence-electron chi connectivity index (χ3n) is 5.78. The van der Waals surface area contributed by atoms with Crippen molar-refractivity contribution in [2.75, 3.05) is 40.0 Å². The van der Waals surface area contributed by atoms with Gasteiger partial charge in [0.2, 0.25) is 0 Å². The molecular weight excluding hydrogens is 456 g/mol. The molecule has 2 fully saturated rings. The lowest BCUT2D eigenvalue weighted by Crippen LogP contribution is -2.49. The summed E-state index contributed by atoms with van der Waals surface area (Å²) >= 11 is 0. The van der Waals surface area contributed by atoms with Crippen molar-refractivity contribution in [2.45, 2.75) is 44.6 Å². The summed E-state index contributed by atoms with van der Waals surface area (Å²) < 4.78 is 22.9. The molecule has 34 heavy (non-hydrogen) atoms. The maximum atomic E-state index is 13.2. The summed E-state index contributed by atoms with van der Waals surface area (Å²) in [5.41, 5.74) is 2.09. The zero-order valence-corrected chi connectivity index (χ0v) is 20.6. The number of ether oxygens (including phenoxy) is 4. The average Bonchev–Trinajstić information content (AvgIpc) is 3.70. The van der Waals surface area contributed by atoms with Gasteiger partial charge in [0.1, 0.15) is 24.2 Å². The number of benzene rings is 2. The van der Waals surface area contributed by atoms with E-state index in [1.54, 1.807) is 7.11 Å². The molecule has 0 unspecified atom stereocenters. The van der Waals surface area contributed by atoms with Crippen molar-refractivity contribution in [2.24, 2.45) is 0 Å². The number of morpholine rings is 1. The highest BCUT2D eigenvalue weighted by molar-refractivity contribution is 5.85.